The molecule has 1 fully saturated rings. The lowest BCUT2D eigenvalue weighted by molar-refractivity contribution is -0.141. The van der Waals surface area contributed by atoms with Crippen LogP contribution in [0.3, 0.4) is 0 Å². The zero-order valence-electron chi connectivity index (χ0n) is 15.4. The fraction of sp³-hybridized carbons (Fsp3) is 0.444. The van der Waals surface area contributed by atoms with Crippen LogP contribution in [0, 0.1) is 5.41 Å². The number of halogens is 3. The Morgan fingerprint density at radius 3 is 2.54 bits per heavy atom. The number of rotatable bonds is 4. The van der Waals surface area contributed by atoms with Gasteiger partial charge in [0.1, 0.15) is 17.8 Å². The predicted molar refractivity (Wildman–Crippen MR) is 98.3 cm³/mol. The second kappa shape index (κ2) is 7.70. The molecule has 1 aliphatic heterocycles. The minimum Gasteiger partial charge on any atom is -0.398 e. The second-order valence-corrected chi connectivity index (χ2v) is 6.86. The first-order chi connectivity index (χ1) is 13.1. The molecule has 4 N–H and O–H groups in total. The van der Waals surface area contributed by atoms with Crippen molar-refractivity contribution in [2.24, 2.45) is 0 Å². The molecule has 2 atom stereocenters. The summed E-state index contributed by atoms with van der Waals surface area (Å²) in [7, 11) is 0. The number of pyridine rings is 1. The quantitative estimate of drug-likeness (QED) is 0.687. The van der Waals surface area contributed by atoms with E-state index in [0.29, 0.717) is 5.82 Å². The van der Waals surface area contributed by atoms with Gasteiger partial charge in [-0.2, -0.15) is 13.2 Å². The van der Waals surface area contributed by atoms with E-state index in [9.17, 15) is 13.2 Å². The van der Waals surface area contributed by atoms with Crippen LogP contribution in [0.4, 0.5) is 24.7 Å². The summed E-state index contributed by atoms with van der Waals surface area (Å²) >= 11 is 0. The number of nitrogen functional groups attached to an aromatic ring is 1. The van der Waals surface area contributed by atoms with Gasteiger partial charge in [-0.3, -0.25) is 5.41 Å². The summed E-state index contributed by atoms with van der Waals surface area (Å²) in [6.07, 6.45) is -0.773. The second-order valence-electron chi connectivity index (χ2n) is 6.86. The van der Waals surface area contributed by atoms with Gasteiger partial charge in [-0.15, -0.1) is 0 Å². The van der Waals surface area contributed by atoms with Crippen LogP contribution < -0.4 is 11.1 Å². The maximum absolute atomic E-state index is 13.0. The van der Waals surface area contributed by atoms with Crippen molar-refractivity contribution < 1.29 is 17.9 Å². The van der Waals surface area contributed by atoms with Crippen molar-refractivity contribution in [3.05, 3.63) is 41.6 Å². The summed E-state index contributed by atoms with van der Waals surface area (Å²) in [5, 5.41) is 11.7. The van der Waals surface area contributed by atoms with E-state index in [-0.39, 0.29) is 40.9 Å². The van der Waals surface area contributed by atoms with Crippen LogP contribution in [-0.2, 0) is 10.9 Å². The summed E-state index contributed by atoms with van der Waals surface area (Å²) in [6, 6.07) is 2.27. The number of nitrogens with zero attached hydrogens (tertiary/aromatic N) is 3. The van der Waals surface area contributed by atoms with Gasteiger partial charge in [0, 0.05) is 17.9 Å². The van der Waals surface area contributed by atoms with Crippen molar-refractivity contribution in [3.63, 3.8) is 0 Å². The minimum atomic E-state index is -4.63. The highest BCUT2D eigenvalue weighted by Gasteiger charge is 2.33. The lowest BCUT2D eigenvalue weighted by Crippen LogP contribution is -2.37. The summed E-state index contributed by atoms with van der Waals surface area (Å²) in [4.78, 5) is 11.3. The Hall–Kier alpha value is -2.75. The average Bonchev–Trinajstić information content (AvgIpc) is 2.60. The van der Waals surface area contributed by atoms with Crippen LogP contribution in [0.2, 0.25) is 0 Å². The maximum atomic E-state index is 13.0. The van der Waals surface area contributed by atoms with E-state index in [4.69, 9.17) is 15.9 Å². The number of ether oxygens (including phenoxy) is 1. The lowest BCUT2D eigenvalue weighted by Gasteiger charge is -2.33. The molecule has 0 bridgehead atoms. The molecule has 2 aromatic heterocycles. The average molecular weight is 394 g/mol. The highest BCUT2D eigenvalue weighted by atomic mass is 19.4. The molecule has 2 aromatic rings. The van der Waals surface area contributed by atoms with Gasteiger partial charge < -0.3 is 15.8 Å². The van der Waals surface area contributed by atoms with Gasteiger partial charge in [0.05, 0.1) is 29.2 Å². The standard InChI is InChI=1S/C18H21F3N6O/c1-9-5-11(6-10(2)28-9)27-17-15(12(22)3-4-24-17)16(23)13-7-14(18(19,20)21)26-8-25-13/h3-4,7-11,23H,5-6H2,1-2H3,(H3,22,24,27). The Morgan fingerprint density at radius 1 is 1.21 bits per heavy atom. The molecule has 0 aromatic carbocycles. The number of hydrogen-bond acceptors (Lipinski definition) is 7. The Balaban J connectivity index is 1.93. The summed E-state index contributed by atoms with van der Waals surface area (Å²) in [6.45, 7) is 3.94. The SMILES string of the molecule is CC1CC(Nc2nccc(N)c2C(=N)c2cc(C(F)(F)F)ncn2)CC(C)O1. The van der Waals surface area contributed by atoms with Gasteiger partial charge in [-0.25, -0.2) is 15.0 Å². The third-order valence-electron chi connectivity index (χ3n) is 4.49. The van der Waals surface area contributed by atoms with Gasteiger partial charge in [0.25, 0.3) is 0 Å². The van der Waals surface area contributed by atoms with E-state index in [1.807, 2.05) is 13.8 Å². The molecule has 3 heterocycles. The van der Waals surface area contributed by atoms with Gasteiger partial charge in [-0.1, -0.05) is 0 Å². The Kier molecular flexibility index (Phi) is 5.50. The van der Waals surface area contributed by atoms with E-state index in [2.05, 4.69) is 20.3 Å². The molecule has 150 valence electrons. The summed E-state index contributed by atoms with van der Waals surface area (Å²) < 4.78 is 44.6. The Morgan fingerprint density at radius 2 is 1.89 bits per heavy atom. The molecule has 7 nitrogen and oxygen atoms in total. The van der Waals surface area contributed by atoms with Gasteiger partial charge in [0.2, 0.25) is 0 Å². The van der Waals surface area contributed by atoms with Crippen LogP contribution in [0.25, 0.3) is 0 Å². The molecule has 1 saturated heterocycles. The Labute approximate surface area is 160 Å². The highest BCUT2D eigenvalue weighted by molar-refractivity contribution is 6.15. The third-order valence-corrected chi connectivity index (χ3v) is 4.49. The first-order valence-corrected chi connectivity index (χ1v) is 8.80. The zero-order chi connectivity index (χ0) is 20.5. The zero-order valence-corrected chi connectivity index (χ0v) is 15.4. The maximum Gasteiger partial charge on any atom is 0.433 e. The van der Waals surface area contributed by atoms with Gasteiger partial charge >= 0.3 is 6.18 Å². The Bertz CT molecular complexity index is 863. The van der Waals surface area contributed by atoms with Crippen LogP contribution >= 0.6 is 0 Å². The topological polar surface area (TPSA) is 110 Å². The van der Waals surface area contributed by atoms with Crippen molar-refractivity contribution in [3.8, 4) is 0 Å². The molecule has 0 saturated carbocycles. The van der Waals surface area contributed by atoms with Crippen LogP contribution in [0.1, 0.15) is 43.6 Å². The summed E-state index contributed by atoms with van der Waals surface area (Å²) in [5.41, 5.74) is 4.91. The molecular weight excluding hydrogens is 373 g/mol. The number of alkyl halides is 3. The first kappa shape index (κ1) is 20.0. The fourth-order valence-electron chi connectivity index (χ4n) is 3.34. The number of nitrogens with two attached hydrogens (primary N) is 1. The molecular formula is C18H21F3N6O. The largest absolute Gasteiger partial charge is 0.433 e. The predicted octanol–water partition coefficient (Wildman–Crippen LogP) is 3.26. The van der Waals surface area contributed by atoms with Gasteiger partial charge in [0.15, 0.2) is 0 Å². The molecule has 10 heteroatoms. The number of nitrogens with one attached hydrogen (secondary N) is 2. The van der Waals surface area contributed by atoms with E-state index >= 15 is 0 Å². The van der Waals surface area contributed by atoms with Crippen molar-refractivity contribution in [2.45, 2.75) is 51.1 Å². The monoisotopic (exact) mass is 394 g/mol. The third kappa shape index (κ3) is 4.38. The lowest BCUT2D eigenvalue weighted by atomic mass is 9.99. The smallest absolute Gasteiger partial charge is 0.398 e. The van der Waals surface area contributed by atoms with Crippen LogP contribution in [0.15, 0.2) is 24.7 Å². The van der Waals surface area contributed by atoms with E-state index < -0.39 is 11.9 Å². The molecule has 28 heavy (non-hydrogen) atoms. The number of aromatic nitrogens is 3. The molecule has 3 rings (SSSR count). The molecule has 2 unspecified atom stereocenters. The number of hydrogen-bond donors (Lipinski definition) is 3. The van der Waals surface area contributed by atoms with Crippen LogP contribution in [0.5, 0.6) is 0 Å². The first-order valence-electron chi connectivity index (χ1n) is 8.80. The van der Waals surface area contributed by atoms with Crippen molar-refractivity contribution in [1.82, 2.24) is 15.0 Å². The highest BCUT2D eigenvalue weighted by Crippen LogP contribution is 2.30. The summed E-state index contributed by atoms with van der Waals surface area (Å²) in [5.74, 6) is 0.337. The van der Waals surface area contributed by atoms with E-state index in [0.717, 1.165) is 25.2 Å². The molecule has 0 aliphatic carbocycles. The molecule has 0 radical (unpaired) electrons. The normalized spacial score (nSPS) is 22.7. The minimum absolute atomic E-state index is 0.0377. The van der Waals surface area contributed by atoms with Crippen molar-refractivity contribution in [1.29, 1.82) is 5.41 Å². The number of anilines is 2. The van der Waals surface area contributed by atoms with Crippen LogP contribution in [-0.4, -0.2) is 38.9 Å². The van der Waals surface area contributed by atoms with Crippen molar-refractivity contribution >= 4 is 17.2 Å². The molecule has 1 aliphatic rings. The van der Waals surface area contributed by atoms with E-state index in [1.165, 1.54) is 12.3 Å². The van der Waals surface area contributed by atoms with Crippen molar-refractivity contribution in [2.75, 3.05) is 11.1 Å². The van der Waals surface area contributed by atoms with E-state index in [1.54, 1.807) is 0 Å². The fourth-order valence-corrected chi connectivity index (χ4v) is 3.34. The van der Waals surface area contributed by atoms with Gasteiger partial charge in [-0.05, 0) is 38.8 Å². The molecule has 0 spiro atoms. The molecule has 0 amide bonds.